The molecule has 0 aromatic carbocycles. The zero-order chi connectivity index (χ0) is 46.1. The topological polar surface area (TPSA) is 111 Å². The normalized spacial score (nSPS) is 15.2. The van der Waals surface area contributed by atoms with Crippen molar-refractivity contribution in [2.24, 2.45) is 0 Å². The van der Waals surface area contributed by atoms with Gasteiger partial charge in [-0.15, -0.1) is 0 Å². The van der Waals surface area contributed by atoms with E-state index < -0.39 is 12.1 Å². The van der Waals surface area contributed by atoms with Crippen molar-refractivity contribution in [1.29, 1.82) is 0 Å². The second-order valence-electron chi connectivity index (χ2n) is 19.7. The largest absolute Gasteiger partial charge is 0.463 e. The van der Waals surface area contributed by atoms with E-state index in [0.29, 0.717) is 32.4 Å². The number of amides is 2. The third kappa shape index (κ3) is 35.7. The molecule has 0 aliphatic carbocycles. The molecule has 0 radical (unpaired) electrons. The molecule has 1 rings (SSSR count). The third-order valence-electron chi connectivity index (χ3n) is 12.9. The van der Waals surface area contributed by atoms with Gasteiger partial charge >= 0.3 is 11.9 Å². The van der Waals surface area contributed by atoms with E-state index in [4.69, 9.17) is 14.2 Å². The molecule has 2 atom stereocenters. The standard InChI is InChI=1S/C54H102N2O7/c1-6-9-11-13-15-17-19-21-23-25-27-29-31-33-35-38-51(58)56-46-49(63-53(60)41-40-50(57)55-43-37-42-54(4,5)62-44-8-3)45-48(56)47-61-52(59)39-36-34-32-30-28-26-24-22-20-18-16-14-12-10-7-2/h48-49H,6-47H2,1-5H3,(H,55,57)/t48-,49+/m0/s1. The summed E-state index contributed by atoms with van der Waals surface area (Å²) in [6, 6.07) is -0.314. The van der Waals surface area contributed by atoms with Crippen LogP contribution in [0.1, 0.15) is 279 Å². The van der Waals surface area contributed by atoms with Crippen molar-refractivity contribution in [2.45, 2.75) is 296 Å². The Bertz CT molecular complexity index is 1110. The Kier molecular flexibility index (Phi) is 38.6. The van der Waals surface area contributed by atoms with Crippen molar-refractivity contribution in [3.8, 4) is 0 Å². The fourth-order valence-electron chi connectivity index (χ4n) is 8.86. The highest BCUT2D eigenvalue weighted by molar-refractivity contribution is 5.81. The fraction of sp³-hybridized carbons (Fsp3) is 0.926. The maximum atomic E-state index is 13.5. The van der Waals surface area contributed by atoms with Crippen LogP contribution in [-0.2, 0) is 33.4 Å². The van der Waals surface area contributed by atoms with Crippen molar-refractivity contribution < 1.29 is 33.4 Å². The molecule has 9 heteroatoms. The van der Waals surface area contributed by atoms with Crippen LogP contribution in [0.2, 0.25) is 0 Å². The summed E-state index contributed by atoms with van der Waals surface area (Å²) in [5.41, 5.74) is -0.227. The molecule has 0 aromatic rings. The molecular formula is C54H102N2O7. The molecule has 1 saturated heterocycles. The maximum Gasteiger partial charge on any atom is 0.306 e. The average molecular weight is 891 g/mol. The van der Waals surface area contributed by atoms with Gasteiger partial charge < -0.3 is 24.4 Å². The van der Waals surface area contributed by atoms with Crippen LogP contribution in [0.25, 0.3) is 0 Å². The van der Waals surface area contributed by atoms with Crippen molar-refractivity contribution in [2.75, 3.05) is 26.3 Å². The smallest absolute Gasteiger partial charge is 0.306 e. The van der Waals surface area contributed by atoms with Gasteiger partial charge in [-0.2, -0.15) is 0 Å². The van der Waals surface area contributed by atoms with Crippen molar-refractivity contribution in [1.82, 2.24) is 10.2 Å². The third-order valence-corrected chi connectivity index (χ3v) is 12.9. The van der Waals surface area contributed by atoms with Gasteiger partial charge in [-0.3, -0.25) is 19.2 Å². The van der Waals surface area contributed by atoms with E-state index in [2.05, 4.69) is 39.9 Å². The number of carbonyl (C=O) groups excluding carboxylic acids is 4. The Labute approximate surface area is 388 Å². The molecule has 0 saturated carbocycles. The van der Waals surface area contributed by atoms with E-state index in [-0.39, 0.29) is 48.9 Å². The molecule has 2 amide bonds. The van der Waals surface area contributed by atoms with Crippen LogP contribution >= 0.6 is 0 Å². The quantitative estimate of drug-likeness (QED) is 0.0479. The Morgan fingerprint density at radius 3 is 1.43 bits per heavy atom. The second-order valence-corrected chi connectivity index (χ2v) is 19.7. The highest BCUT2D eigenvalue weighted by Gasteiger charge is 2.37. The maximum absolute atomic E-state index is 13.5. The first-order valence-electron chi connectivity index (χ1n) is 27.2. The van der Waals surface area contributed by atoms with E-state index in [1.807, 2.05) is 0 Å². The monoisotopic (exact) mass is 891 g/mol. The van der Waals surface area contributed by atoms with Crippen LogP contribution < -0.4 is 5.32 Å². The zero-order valence-electron chi connectivity index (χ0n) is 42.2. The van der Waals surface area contributed by atoms with Crippen molar-refractivity contribution in [3.05, 3.63) is 0 Å². The van der Waals surface area contributed by atoms with Crippen LogP contribution in [0.15, 0.2) is 0 Å². The highest BCUT2D eigenvalue weighted by Crippen LogP contribution is 2.24. The van der Waals surface area contributed by atoms with Crippen LogP contribution in [-0.4, -0.2) is 72.7 Å². The molecule has 0 bridgehead atoms. The number of hydrogen-bond donors (Lipinski definition) is 1. The van der Waals surface area contributed by atoms with Gasteiger partial charge in [0.15, 0.2) is 0 Å². The minimum atomic E-state index is -0.477. The van der Waals surface area contributed by atoms with E-state index in [9.17, 15) is 19.2 Å². The lowest BCUT2D eigenvalue weighted by molar-refractivity contribution is -0.150. The number of likely N-dealkylation sites (tertiary alicyclic amines) is 1. The number of rotatable bonds is 45. The summed E-state index contributed by atoms with van der Waals surface area (Å²) >= 11 is 0. The summed E-state index contributed by atoms with van der Waals surface area (Å²) in [5.74, 6) is -0.799. The van der Waals surface area contributed by atoms with Gasteiger partial charge in [-0.1, -0.05) is 201 Å². The summed E-state index contributed by atoms with van der Waals surface area (Å²) < 4.78 is 17.4. The average Bonchev–Trinajstić information content (AvgIpc) is 3.67. The van der Waals surface area contributed by atoms with E-state index >= 15 is 0 Å². The zero-order valence-corrected chi connectivity index (χ0v) is 42.2. The van der Waals surface area contributed by atoms with Gasteiger partial charge in [0.1, 0.15) is 12.7 Å². The molecule has 1 heterocycles. The second kappa shape index (κ2) is 41.3. The lowest BCUT2D eigenvalue weighted by Crippen LogP contribution is -2.39. The molecule has 1 aliphatic rings. The van der Waals surface area contributed by atoms with Crippen LogP contribution in [0, 0.1) is 0 Å². The Morgan fingerprint density at radius 1 is 0.524 bits per heavy atom. The SMILES string of the molecule is CCCCCCCCCCCCCCCCCC(=O)OC[C@@H]1C[C@@H](OC(=O)CCC(=O)NCCCC(C)(C)OCCC)CN1C(=O)CCCCCCCCCCCCCCCCC. The number of nitrogens with zero attached hydrogens (tertiary/aromatic N) is 1. The fourth-order valence-corrected chi connectivity index (χ4v) is 8.86. The van der Waals surface area contributed by atoms with Gasteiger partial charge in [0.05, 0.1) is 24.6 Å². The Balaban J connectivity index is 2.42. The molecule has 1 fully saturated rings. The molecule has 370 valence electrons. The number of esters is 2. The summed E-state index contributed by atoms with van der Waals surface area (Å²) in [4.78, 5) is 53.4. The molecule has 1 N–H and O–H groups in total. The van der Waals surface area contributed by atoms with Crippen molar-refractivity contribution in [3.63, 3.8) is 0 Å². The first-order valence-corrected chi connectivity index (χ1v) is 27.2. The summed E-state index contributed by atoms with van der Waals surface area (Å²) in [6.07, 6.45) is 41.7. The van der Waals surface area contributed by atoms with E-state index in [1.54, 1.807) is 4.90 Å². The first-order chi connectivity index (χ1) is 30.6. The number of nitrogens with one attached hydrogen (secondary N) is 1. The van der Waals surface area contributed by atoms with Gasteiger partial charge in [-0.05, 0) is 46.0 Å². The Morgan fingerprint density at radius 2 is 0.968 bits per heavy atom. The van der Waals surface area contributed by atoms with Gasteiger partial charge in [-0.25, -0.2) is 0 Å². The molecule has 1 aliphatic heterocycles. The number of hydrogen-bond acceptors (Lipinski definition) is 7. The predicted molar refractivity (Wildman–Crippen MR) is 262 cm³/mol. The van der Waals surface area contributed by atoms with Crippen molar-refractivity contribution >= 4 is 23.8 Å². The van der Waals surface area contributed by atoms with E-state index in [1.165, 1.54) is 154 Å². The van der Waals surface area contributed by atoms with E-state index in [0.717, 1.165) is 64.4 Å². The molecule has 0 aromatic heterocycles. The van der Waals surface area contributed by atoms with Gasteiger partial charge in [0.2, 0.25) is 11.8 Å². The molecule has 63 heavy (non-hydrogen) atoms. The lowest BCUT2D eigenvalue weighted by Gasteiger charge is -2.25. The number of ether oxygens (including phenoxy) is 3. The summed E-state index contributed by atoms with van der Waals surface area (Å²) in [5, 5.41) is 2.91. The number of carbonyl (C=O) groups is 4. The molecule has 0 unspecified atom stereocenters. The highest BCUT2D eigenvalue weighted by atomic mass is 16.5. The molecular weight excluding hydrogens is 789 g/mol. The minimum absolute atomic E-state index is 0.0145. The Hall–Kier alpha value is -2.16. The lowest BCUT2D eigenvalue weighted by atomic mass is 10.0. The predicted octanol–water partition coefficient (Wildman–Crippen LogP) is 14.4. The van der Waals surface area contributed by atoms with Crippen LogP contribution in [0.4, 0.5) is 0 Å². The molecule has 9 nitrogen and oxygen atoms in total. The van der Waals surface area contributed by atoms with Gasteiger partial charge in [0.25, 0.3) is 0 Å². The molecule has 0 spiro atoms. The van der Waals surface area contributed by atoms with Gasteiger partial charge in [0, 0.05) is 38.8 Å². The summed E-state index contributed by atoms with van der Waals surface area (Å²) in [6.45, 7) is 12.4. The summed E-state index contributed by atoms with van der Waals surface area (Å²) in [7, 11) is 0. The van der Waals surface area contributed by atoms with Crippen LogP contribution in [0.3, 0.4) is 0 Å². The van der Waals surface area contributed by atoms with Crippen LogP contribution in [0.5, 0.6) is 0 Å². The number of unbranched alkanes of at least 4 members (excludes halogenated alkanes) is 28. The first kappa shape index (κ1) is 58.9. The minimum Gasteiger partial charge on any atom is -0.463 e.